The van der Waals surface area contributed by atoms with E-state index in [0.717, 1.165) is 23.6 Å². The minimum Gasteiger partial charge on any atom is -0.368 e. The van der Waals surface area contributed by atoms with E-state index in [4.69, 9.17) is 5.73 Å². The van der Waals surface area contributed by atoms with Gasteiger partial charge in [0.25, 0.3) is 0 Å². The molecule has 1 heterocycles. The Morgan fingerprint density at radius 3 is 2.42 bits per heavy atom. The summed E-state index contributed by atoms with van der Waals surface area (Å²) in [5.74, 6) is 1.22. The Morgan fingerprint density at radius 1 is 1.11 bits per heavy atom. The monoisotopic (exact) mass is 256 g/mol. The summed E-state index contributed by atoms with van der Waals surface area (Å²) >= 11 is 0. The second kappa shape index (κ2) is 6.29. The molecule has 0 aliphatic carbocycles. The van der Waals surface area contributed by atoms with Gasteiger partial charge in [-0.05, 0) is 31.5 Å². The summed E-state index contributed by atoms with van der Waals surface area (Å²) in [5.41, 5.74) is 8.78. The Kier molecular flexibility index (Phi) is 4.47. The lowest BCUT2D eigenvalue weighted by Crippen LogP contribution is -2.20. The second-order valence-electron chi connectivity index (χ2n) is 4.89. The molecule has 0 spiro atoms. The van der Waals surface area contributed by atoms with E-state index in [0.29, 0.717) is 12.5 Å². The number of nitrogens with one attached hydrogen (secondary N) is 1. The number of aryl methyl sites for hydroxylation is 1. The molecule has 1 aromatic heterocycles. The minimum absolute atomic E-state index is 0.429. The summed E-state index contributed by atoms with van der Waals surface area (Å²) < 4.78 is 0. The summed E-state index contributed by atoms with van der Waals surface area (Å²) in [7, 11) is 0. The van der Waals surface area contributed by atoms with Crippen molar-refractivity contribution in [3.05, 3.63) is 42.0 Å². The molecule has 0 saturated heterocycles. The normalized spacial score (nSPS) is 12.2. The van der Waals surface area contributed by atoms with Crippen molar-refractivity contribution in [2.75, 3.05) is 18.4 Å². The van der Waals surface area contributed by atoms with Crippen LogP contribution < -0.4 is 11.1 Å². The molecule has 0 radical (unpaired) electrons. The highest BCUT2D eigenvalue weighted by atomic mass is 15.2. The third-order valence-electron chi connectivity index (χ3n) is 3.05. The predicted molar refractivity (Wildman–Crippen MR) is 78.9 cm³/mol. The summed E-state index contributed by atoms with van der Waals surface area (Å²) in [6, 6.07) is 12.2. The number of aromatic nitrogens is 2. The van der Waals surface area contributed by atoms with E-state index in [1.807, 2.05) is 12.1 Å². The summed E-state index contributed by atoms with van der Waals surface area (Å²) in [4.78, 5) is 0. The molecule has 1 aromatic carbocycles. The van der Waals surface area contributed by atoms with Crippen molar-refractivity contribution in [1.82, 2.24) is 10.2 Å². The zero-order chi connectivity index (χ0) is 13.7. The van der Waals surface area contributed by atoms with Gasteiger partial charge in [-0.25, -0.2) is 0 Å². The first-order valence-electron chi connectivity index (χ1n) is 6.53. The quantitative estimate of drug-likeness (QED) is 0.862. The maximum Gasteiger partial charge on any atom is 0.148 e. The van der Waals surface area contributed by atoms with Crippen LogP contribution in [0.15, 0.2) is 36.4 Å². The van der Waals surface area contributed by atoms with Gasteiger partial charge < -0.3 is 11.1 Å². The van der Waals surface area contributed by atoms with E-state index < -0.39 is 0 Å². The first-order chi connectivity index (χ1) is 9.19. The highest BCUT2D eigenvalue weighted by Crippen LogP contribution is 2.17. The molecule has 0 aliphatic heterocycles. The summed E-state index contributed by atoms with van der Waals surface area (Å²) in [5, 5.41) is 11.6. The molecule has 0 aliphatic rings. The topological polar surface area (TPSA) is 63.8 Å². The van der Waals surface area contributed by atoms with Crippen molar-refractivity contribution >= 4 is 5.82 Å². The van der Waals surface area contributed by atoms with Gasteiger partial charge in [-0.15, -0.1) is 10.2 Å². The van der Waals surface area contributed by atoms with Crippen LogP contribution in [0.5, 0.6) is 0 Å². The molecule has 2 rings (SSSR count). The average molecular weight is 256 g/mol. The van der Waals surface area contributed by atoms with Gasteiger partial charge in [-0.1, -0.05) is 36.8 Å². The average Bonchev–Trinajstić information content (AvgIpc) is 2.46. The first kappa shape index (κ1) is 13.5. The van der Waals surface area contributed by atoms with E-state index in [-0.39, 0.29) is 0 Å². The molecular formula is C15H20N4. The molecule has 0 amide bonds. The van der Waals surface area contributed by atoms with E-state index in [1.54, 1.807) is 0 Å². The van der Waals surface area contributed by atoms with Crippen molar-refractivity contribution in [2.45, 2.75) is 13.8 Å². The number of rotatable bonds is 5. The largest absolute Gasteiger partial charge is 0.368 e. The van der Waals surface area contributed by atoms with E-state index in [2.05, 4.69) is 53.6 Å². The Morgan fingerprint density at radius 2 is 1.84 bits per heavy atom. The molecule has 19 heavy (non-hydrogen) atoms. The van der Waals surface area contributed by atoms with Gasteiger partial charge in [0.05, 0.1) is 5.69 Å². The van der Waals surface area contributed by atoms with Crippen LogP contribution in [-0.2, 0) is 0 Å². The number of benzene rings is 1. The minimum atomic E-state index is 0.429. The molecule has 1 unspecified atom stereocenters. The van der Waals surface area contributed by atoms with Crippen LogP contribution in [-0.4, -0.2) is 23.3 Å². The number of anilines is 1. The molecule has 4 heteroatoms. The first-order valence-corrected chi connectivity index (χ1v) is 6.53. The lowest BCUT2D eigenvalue weighted by molar-refractivity contribution is 0.626. The number of hydrogen-bond donors (Lipinski definition) is 2. The maximum atomic E-state index is 5.57. The standard InChI is InChI=1S/C15H20N4/c1-11-3-5-13(6-4-11)14-7-8-15(19-18-14)17-10-12(2)9-16/h3-8,12H,9-10,16H2,1-2H3,(H,17,19). The zero-order valence-corrected chi connectivity index (χ0v) is 11.4. The smallest absolute Gasteiger partial charge is 0.148 e. The van der Waals surface area contributed by atoms with E-state index in [9.17, 15) is 0 Å². The van der Waals surface area contributed by atoms with Gasteiger partial charge in [0.2, 0.25) is 0 Å². The van der Waals surface area contributed by atoms with Crippen LogP contribution >= 0.6 is 0 Å². The molecule has 0 saturated carbocycles. The van der Waals surface area contributed by atoms with Gasteiger partial charge in [0.1, 0.15) is 5.82 Å². The van der Waals surface area contributed by atoms with Crippen LogP contribution in [0.25, 0.3) is 11.3 Å². The number of hydrogen-bond acceptors (Lipinski definition) is 4. The van der Waals surface area contributed by atoms with Crippen LogP contribution in [0.1, 0.15) is 12.5 Å². The Balaban J connectivity index is 2.04. The third-order valence-corrected chi connectivity index (χ3v) is 3.05. The van der Waals surface area contributed by atoms with Gasteiger partial charge >= 0.3 is 0 Å². The molecular weight excluding hydrogens is 236 g/mol. The van der Waals surface area contributed by atoms with Crippen molar-refractivity contribution in [1.29, 1.82) is 0 Å². The lowest BCUT2D eigenvalue weighted by atomic mass is 10.1. The molecule has 100 valence electrons. The van der Waals surface area contributed by atoms with Crippen LogP contribution in [0, 0.1) is 12.8 Å². The molecule has 1 atom stereocenters. The predicted octanol–water partition coefficient (Wildman–Crippen LogP) is 2.46. The zero-order valence-electron chi connectivity index (χ0n) is 11.4. The maximum absolute atomic E-state index is 5.57. The van der Waals surface area contributed by atoms with E-state index in [1.165, 1.54) is 5.56 Å². The van der Waals surface area contributed by atoms with Crippen LogP contribution in [0.2, 0.25) is 0 Å². The fraction of sp³-hybridized carbons (Fsp3) is 0.333. The molecule has 2 aromatic rings. The fourth-order valence-corrected chi connectivity index (χ4v) is 1.67. The van der Waals surface area contributed by atoms with Crippen LogP contribution in [0.3, 0.4) is 0 Å². The molecule has 3 N–H and O–H groups in total. The highest BCUT2D eigenvalue weighted by molar-refractivity contribution is 5.59. The highest BCUT2D eigenvalue weighted by Gasteiger charge is 2.02. The van der Waals surface area contributed by atoms with Crippen molar-refractivity contribution < 1.29 is 0 Å². The van der Waals surface area contributed by atoms with Gasteiger partial charge in [-0.3, -0.25) is 0 Å². The van der Waals surface area contributed by atoms with Crippen molar-refractivity contribution in [2.24, 2.45) is 11.7 Å². The van der Waals surface area contributed by atoms with Gasteiger partial charge in [0, 0.05) is 12.1 Å². The van der Waals surface area contributed by atoms with Crippen molar-refractivity contribution in [3.63, 3.8) is 0 Å². The SMILES string of the molecule is Cc1ccc(-c2ccc(NCC(C)CN)nn2)cc1. The van der Waals surface area contributed by atoms with E-state index >= 15 is 0 Å². The number of nitrogens with two attached hydrogens (primary N) is 1. The Labute approximate surface area is 114 Å². The lowest BCUT2D eigenvalue weighted by Gasteiger charge is -2.10. The van der Waals surface area contributed by atoms with Crippen LogP contribution in [0.4, 0.5) is 5.82 Å². The third kappa shape index (κ3) is 3.76. The van der Waals surface area contributed by atoms with Crippen molar-refractivity contribution in [3.8, 4) is 11.3 Å². The molecule has 4 nitrogen and oxygen atoms in total. The summed E-state index contributed by atoms with van der Waals surface area (Å²) in [6.07, 6.45) is 0. The summed E-state index contributed by atoms with van der Waals surface area (Å²) in [6.45, 7) is 5.65. The van der Waals surface area contributed by atoms with Gasteiger partial charge in [0.15, 0.2) is 0 Å². The Bertz CT molecular complexity index is 505. The molecule has 0 fully saturated rings. The van der Waals surface area contributed by atoms with Gasteiger partial charge in [-0.2, -0.15) is 0 Å². The number of nitrogens with zero attached hydrogens (tertiary/aromatic N) is 2. The fourth-order valence-electron chi connectivity index (χ4n) is 1.67. The Hall–Kier alpha value is -1.94. The molecule has 0 bridgehead atoms. The second-order valence-corrected chi connectivity index (χ2v) is 4.89.